The van der Waals surface area contributed by atoms with Crippen molar-refractivity contribution in [1.82, 2.24) is 14.7 Å². The van der Waals surface area contributed by atoms with Gasteiger partial charge in [-0.3, -0.25) is 0 Å². The maximum Gasteiger partial charge on any atom is 0.208 e. The predicted octanol–water partition coefficient (Wildman–Crippen LogP) is 1.60. The lowest BCUT2D eigenvalue weighted by Crippen LogP contribution is -2.24. The van der Waals surface area contributed by atoms with Crippen molar-refractivity contribution in [3.8, 4) is 0 Å². The van der Waals surface area contributed by atoms with Crippen LogP contribution in [-0.2, 0) is 10.0 Å². The number of hydrogen-bond acceptors (Lipinski definition) is 5. The van der Waals surface area contributed by atoms with Gasteiger partial charge >= 0.3 is 0 Å². The average molecular weight is 307 g/mol. The maximum absolute atomic E-state index is 10.9. The summed E-state index contributed by atoms with van der Waals surface area (Å²) in [6, 6.07) is 1.65. The predicted molar refractivity (Wildman–Crippen MR) is 77.1 cm³/mol. The van der Waals surface area contributed by atoms with E-state index in [0.717, 1.165) is 6.26 Å². The molecule has 2 N–H and O–H groups in total. The summed E-state index contributed by atoms with van der Waals surface area (Å²) in [7, 11) is -3.12. The molecule has 0 fully saturated rings. The van der Waals surface area contributed by atoms with Crippen LogP contribution in [0.5, 0.6) is 0 Å². The Labute approximate surface area is 119 Å². The van der Waals surface area contributed by atoms with Crippen LogP contribution in [0.4, 0.5) is 5.82 Å². The molecular formula is C11H19ClN4O2S. The monoisotopic (exact) mass is 306 g/mol. The Bertz CT molecular complexity index is 519. The Kier molecular flexibility index (Phi) is 5.96. The highest BCUT2D eigenvalue weighted by Crippen LogP contribution is 2.16. The highest BCUT2D eigenvalue weighted by molar-refractivity contribution is 7.88. The molecule has 8 heteroatoms. The highest BCUT2D eigenvalue weighted by atomic mass is 35.5. The number of nitrogens with zero attached hydrogens (tertiary/aromatic N) is 2. The SMILES string of the molecule is CC(C)c1nc(Cl)cc(NCCCNS(C)(=O)=O)n1. The molecular weight excluding hydrogens is 288 g/mol. The zero-order valence-electron chi connectivity index (χ0n) is 11.3. The Hall–Kier alpha value is -0.920. The summed E-state index contributed by atoms with van der Waals surface area (Å²) < 4.78 is 24.1. The van der Waals surface area contributed by atoms with Crippen LogP contribution in [0.1, 0.15) is 32.0 Å². The fourth-order valence-electron chi connectivity index (χ4n) is 1.35. The van der Waals surface area contributed by atoms with Gasteiger partial charge in [-0.15, -0.1) is 0 Å². The minimum Gasteiger partial charge on any atom is -0.370 e. The third kappa shape index (κ3) is 6.70. The number of nitrogens with one attached hydrogen (secondary N) is 2. The molecule has 1 aromatic heterocycles. The Morgan fingerprint density at radius 2 is 2.00 bits per heavy atom. The first-order chi connectivity index (χ1) is 8.78. The maximum atomic E-state index is 10.9. The first-order valence-electron chi connectivity index (χ1n) is 6.01. The molecule has 0 aliphatic rings. The molecule has 1 heterocycles. The Balaban J connectivity index is 2.45. The second kappa shape index (κ2) is 7.02. The lowest BCUT2D eigenvalue weighted by atomic mass is 10.2. The quantitative estimate of drug-likeness (QED) is 0.590. The Morgan fingerprint density at radius 1 is 1.32 bits per heavy atom. The summed E-state index contributed by atoms with van der Waals surface area (Å²) in [5.74, 6) is 1.54. The molecule has 0 bridgehead atoms. The summed E-state index contributed by atoms with van der Waals surface area (Å²) in [5.41, 5.74) is 0. The van der Waals surface area contributed by atoms with E-state index in [0.29, 0.717) is 36.3 Å². The zero-order valence-corrected chi connectivity index (χ0v) is 12.8. The van der Waals surface area contributed by atoms with E-state index in [-0.39, 0.29) is 5.92 Å². The van der Waals surface area contributed by atoms with Gasteiger partial charge in [0, 0.05) is 25.1 Å². The van der Waals surface area contributed by atoms with Crippen molar-refractivity contribution < 1.29 is 8.42 Å². The van der Waals surface area contributed by atoms with Crippen molar-refractivity contribution >= 4 is 27.4 Å². The summed E-state index contributed by atoms with van der Waals surface area (Å²) in [6.07, 6.45) is 1.80. The van der Waals surface area contributed by atoms with Gasteiger partial charge in [0.05, 0.1) is 6.26 Å². The number of sulfonamides is 1. The molecule has 6 nitrogen and oxygen atoms in total. The fourth-order valence-corrected chi connectivity index (χ4v) is 2.05. The molecule has 0 aliphatic carbocycles. The van der Waals surface area contributed by atoms with Crippen molar-refractivity contribution in [2.45, 2.75) is 26.2 Å². The Morgan fingerprint density at radius 3 is 2.58 bits per heavy atom. The van der Waals surface area contributed by atoms with Gasteiger partial charge in [0.25, 0.3) is 0 Å². The molecule has 0 amide bonds. The molecule has 0 aliphatic heterocycles. The summed E-state index contributed by atoms with van der Waals surface area (Å²) in [6.45, 7) is 4.98. The minimum atomic E-state index is -3.12. The van der Waals surface area contributed by atoms with E-state index in [1.807, 2.05) is 13.8 Å². The van der Waals surface area contributed by atoms with E-state index < -0.39 is 10.0 Å². The fraction of sp³-hybridized carbons (Fsp3) is 0.636. The van der Waals surface area contributed by atoms with Crippen LogP contribution in [0.25, 0.3) is 0 Å². The van der Waals surface area contributed by atoms with Crippen LogP contribution in [-0.4, -0.2) is 37.7 Å². The second-order valence-corrected chi connectivity index (χ2v) is 6.76. The molecule has 0 unspecified atom stereocenters. The molecule has 19 heavy (non-hydrogen) atoms. The largest absolute Gasteiger partial charge is 0.370 e. The van der Waals surface area contributed by atoms with Crippen molar-refractivity contribution in [2.24, 2.45) is 0 Å². The molecule has 1 rings (SSSR count). The minimum absolute atomic E-state index is 0.200. The van der Waals surface area contributed by atoms with Crippen LogP contribution in [0.2, 0.25) is 5.15 Å². The second-order valence-electron chi connectivity index (χ2n) is 4.54. The lowest BCUT2D eigenvalue weighted by molar-refractivity contribution is 0.586. The van der Waals surface area contributed by atoms with Crippen LogP contribution < -0.4 is 10.0 Å². The van der Waals surface area contributed by atoms with Gasteiger partial charge in [-0.25, -0.2) is 23.1 Å². The normalized spacial score (nSPS) is 11.8. The molecule has 0 radical (unpaired) electrons. The van der Waals surface area contributed by atoms with Gasteiger partial charge in [-0.2, -0.15) is 0 Å². The first-order valence-corrected chi connectivity index (χ1v) is 8.28. The molecule has 1 aromatic rings. The van der Waals surface area contributed by atoms with E-state index in [2.05, 4.69) is 20.0 Å². The number of rotatable bonds is 7. The van der Waals surface area contributed by atoms with Gasteiger partial charge in [-0.1, -0.05) is 25.4 Å². The van der Waals surface area contributed by atoms with Crippen molar-refractivity contribution in [2.75, 3.05) is 24.7 Å². The molecule has 0 atom stereocenters. The zero-order chi connectivity index (χ0) is 14.5. The lowest BCUT2D eigenvalue weighted by Gasteiger charge is -2.09. The summed E-state index contributed by atoms with van der Waals surface area (Å²) >= 11 is 5.91. The highest BCUT2D eigenvalue weighted by Gasteiger charge is 2.06. The van der Waals surface area contributed by atoms with Gasteiger partial charge in [-0.05, 0) is 6.42 Å². The molecule has 0 spiro atoms. The van der Waals surface area contributed by atoms with Crippen molar-refractivity contribution in [3.63, 3.8) is 0 Å². The summed E-state index contributed by atoms with van der Waals surface area (Å²) in [4.78, 5) is 8.47. The van der Waals surface area contributed by atoms with E-state index in [9.17, 15) is 8.42 Å². The molecule has 108 valence electrons. The van der Waals surface area contributed by atoms with Crippen LogP contribution >= 0.6 is 11.6 Å². The molecule has 0 saturated heterocycles. The van der Waals surface area contributed by atoms with E-state index in [1.165, 1.54) is 0 Å². The standard InChI is InChI=1S/C11H19ClN4O2S/c1-8(2)11-15-9(12)7-10(16-11)13-5-4-6-14-19(3,17)18/h7-8,14H,4-6H2,1-3H3,(H,13,15,16). The van der Waals surface area contributed by atoms with Crippen LogP contribution in [0, 0.1) is 0 Å². The van der Waals surface area contributed by atoms with Gasteiger partial charge in [0.1, 0.15) is 16.8 Å². The number of aromatic nitrogens is 2. The van der Waals surface area contributed by atoms with E-state index in [1.54, 1.807) is 6.07 Å². The molecule has 0 aromatic carbocycles. The number of halogens is 1. The van der Waals surface area contributed by atoms with Gasteiger partial charge < -0.3 is 5.32 Å². The third-order valence-corrected chi connectivity index (χ3v) is 3.17. The van der Waals surface area contributed by atoms with E-state index in [4.69, 9.17) is 11.6 Å². The van der Waals surface area contributed by atoms with E-state index >= 15 is 0 Å². The van der Waals surface area contributed by atoms with Crippen LogP contribution in [0.15, 0.2) is 6.07 Å². The topological polar surface area (TPSA) is 84.0 Å². The van der Waals surface area contributed by atoms with Gasteiger partial charge in [0.2, 0.25) is 10.0 Å². The number of hydrogen-bond donors (Lipinski definition) is 2. The first kappa shape index (κ1) is 16.1. The molecule has 0 saturated carbocycles. The smallest absolute Gasteiger partial charge is 0.208 e. The van der Waals surface area contributed by atoms with Crippen LogP contribution in [0.3, 0.4) is 0 Å². The average Bonchev–Trinajstić information content (AvgIpc) is 2.26. The van der Waals surface area contributed by atoms with Crippen molar-refractivity contribution in [1.29, 1.82) is 0 Å². The third-order valence-electron chi connectivity index (χ3n) is 2.25. The van der Waals surface area contributed by atoms with Crippen molar-refractivity contribution in [3.05, 3.63) is 17.0 Å². The number of anilines is 1. The van der Waals surface area contributed by atoms with Gasteiger partial charge in [0.15, 0.2) is 0 Å². The summed E-state index contributed by atoms with van der Waals surface area (Å²) in [5, 5.41) is 3.50.